The molecular weight excluding hydrogens is 417 g/mol. The molecule has 100 valence electrons. The summed E-state index contributed by atoms with van der Waals surface area (Å²) < 4.78 is 1.48. The molecule has 0 aliphatic carbocycles. The van der Waals surface area contributed by atoms with Crippen molar-refractivity contribution in [2.24, 2.45) is 0 Å². The van der Waals surface area contributed by atoms with Crippen molar-refractivity contribution in [3.63, 3.8) is 0 Å². The van der Waals surface area contributed by atoms with Crippen LogP contribution in [0.25, 0.3) is 0 Å². The summed E-state index contributed by atoms with van der Waals surface area (Å²) in [6.45, 7) is -1.64. The molecule has 0 radical (unpaired) electrons. The largest absolute Gasteiger partial charge is 0.394 e. The Morgan fingerprint density at radius 2 is 1.83 bits per heavy atom. The summed E-state index contributed by atoms with van der Waals surface area (Å²) in [5.74, 6) is -0.474. The van der Waals surface area contributed by atoms with Gasteiger partial charge in [0.2, 0.25) is 0 Å². The lowest BCUT2D eigenvalue weighted by Crippen LogP contribution is -2.57. The average Bonchev–Trinajstić information content (AvgIpc) is 2.38. The van der Waals surface area contributed by atoms with Gasteiger partial charge in [-0.1, -0.05) is 0 Å². The van der Waals surface area contributed by atoms with Crippen LogP contribution in [0, 0.1) is 3.57 Å². The normalized spacial score (nSPS) is 11.4. The predicted molar refractivity (Wildman–Crippen MR) is 78.3 cm³/mol. The van der Waals surface area contributed by atoms with E-state index in [1.54, 1.807) is 12.1 Å². The first-order valence-corrected chi connectivity index (χ1v) is 6.95. The summed E-state index contributed by atoms with van der Waals surface area (Å²) >= 11 is 5.32. The van der Waals surface area contributed by atoms with Gasteiger partial charge in [0.1, 0.15) is 5.54 Å². The smallest absolute Gasteiger partial charge is 0.253 e. The summed E-state index contributed by atoms with van der Waals surface area (Å²) in [5, 5.41) is 29.9. The van der Waals surface area contributed by atoms with Gasteiger partial charge in [0.05, 0.1) is 25.4 Å². The summed E-state index contributed by atoms with van der Waals surface area (Å²) in [4.78, 5) is 12.0. The Bertz CT molecular complexity index is 429. The van der Waals surface area contributed by atoms with Crippen molar-refractivity contribution in [3.8, 4) is 0 Å². The first-order chi connectivity index (χ1) is 8.48. The molecule has 0 fully saturated rings. The number of amides is 1. The highest BCUT2D eigenvalue weighted by Crippen LogP contribution is 2.20. The van der Waals surface area contributed by atoms with Crippen molar-refractivity contribution in [1.82, 2.24) is 5.32 Å². The Morgan fingerprint density at radius 3 is 2.33 bits per heavy atom. The molecule has 1 aromatic carbocycles. The minimum atomic E-state index is -1.42. The second-order valence-corrected chi connectivity index (χ2v) is 5.93. The number of rotatable bonds is 5. The lowest BCUT2D eigenvalue weighted by Gasteiger charge is -2.28. The van der Waals surface area contributed by atoms with E-state index in [-0.39, 0.29) is 0 Å². The number of halogens is 2. The molecule has 0 heterocycles. The minimum Gasteiger partial charge on any atom is -0.394 e. The SMILES string of the molecule is O=C(NC(CO)(CO)CO)c1cc(I)ccc1Br. The zero-order valence-corrected chi connectivity index (χ0v) is 13.1. The maximum Gasteiger partial charge on any atom is 0.253 e. The van der Waals surface area contributed by atoms with Crippen LogP contribution in [0.5, 0.6) is 0 Å². The highest BCUT2D eigenvalue weighted by atomic mass is 127. The second-order valence-electron chi connectivity index (χ2n) is 3.83. The van der Waals surface area contributed by atoms with E-state index in [9.17, 15) is 4.79 Å². The molecule has 0 spiro atoms. The molecule has 1 rings (SSSR count). The molecule has 0 saturated carbocycles. The molecule has 18 heavy (non-hydrogen) atoms. The molecule has 0 bridgehead atoms. The van der Waals surface area contributed by atoms with Crippen molar-refractivity contribution in [3.05, 3.63) is 31.8 Å². The van der Waals surface area contributed by atoms with Crippen LogP contribution in [-0.2, 0) is 0 Å². The van der Waals surface area contributed by atoms with Crippen LogP contribution >= 0.6 is 38.5 Å². The van der Waals surface area contributed by atoms with Gasteiger partial charge < -0.3 is 20.6 Å². The van der Waals surface area contributed by atoms with E-state index in [1.165, 1.54) is 0 Å². The third-order valence-electron chi connectivity index (χ3n) is 2.46. The predicted octanol–water partition coefficient (Wildman–Crippen LogP) is 0.499. The Balaban J connectivity index is 2.97. The average molecular weight is 430 g/mol. The quantitative estimate of drug-likeness (QED) is 0.513. The van der Waals surface area contributed by atoms with E-state index >= 15 is 0 Å². The highest BCUT2D eigenvalue weighted by molar-refractivity contribution is 14.1. The zero-order valence-electron chi connectivity index (χ0n) is 9.36. The summed E-state index contributed by atoms with van der Waals surface area (Å²) in [6.07, 6.45) is 0. The number of carbonyl (C=O) groups is 1. The van der Waals surface area contributed by atoms with E-state index in [0.717, 1.165) is 3.57 Å². The number of hydrogen-bond donors (Lipinski definition) is 4. The molecule has 4 N–H and O–H groups in total. The summed E-state index contributed by atoms with van der Waals surface area (Å²) in [6, 6.07) is 5.23. The van der Waals surface area contributed by atoms with Crippen LogP contribution in [0.15, 0.2) is 22.7 Å². The van der Waals surface area contributed by atoms with Crippen LogP contribution in [0.2, 0.25) is 0 Å². The van der Waals surface area contributed by atoms with Crippen molar-refractivity contribution in [1.29, 1.82) is 0 Å². The summed E-state index contributed by atoms with van der Waals surface area (Å²) in [7, 11) is 0. The minimum absolute atomic E-state index is 0.377. The Kier molecular flexibility index (Phi) is 5.99. The lowest BCUT2D eigenvalue weighted by molar-refractivity contribution is 0.0375. The number of benzene rings is 1. The van der Waals surface area contributed by atoms with E-state index in [1.807, 2.05) is 6.07 Å². The van der Waals surface area contributed by atoms with Gasteiger partial charge in [-0.2, -0.15) is 0 Å². The third-order valence-corrected chi connectivity index (χ3v) is 3.82. The number of aliphatic hydroxyl groups excluding tert-OH is 3. The fourth-order valence-electron chi connectivity index (χ4n) is 1.25. The van der Waals surface area contributed by atoms with Crippen molar-refractivity contribution in [2.45, 2.75) is 5.54 Å². The van der Waals surface area contributed by atoms with Gasteiger partial charge in [-0.05, 0) is 56.7 Å². The van der Waals surface area contributed by atoms with Gasteiger partial charge in [-0.3, -0.25) is 4.79 Å². The molecule has 0 saturated heterocycles. The number of aliphatic hydroxyl groups is 3. The standard InChI is InChI=1S/C11H13BrINO4/c12-9-2-1-7(13)3-8(9)10(18)14-11(4-15,5-16)6-17/h1-3,15-17H,4-6H2,(H,14,18). The van der Waals surface area contributed by atoms with Crippen molar-refractivity contribution in [2.75, 3.05) is 19.8 Å². The Morgan fingerprint density at radius 1 is 1.28 bits per heavy atom. The molecular formula is C11H13BrINO4. The number of hydrogen-bond acceptors (Lipinski definition) is 4. The van der Waals surface area contributed by atoms with Crippen LogP contribution < -0.4 is 5.32 Å². The highest BCUT2D eigenvalue weighted by Gasteiger charge is 2.30. The van der Waals surface area contributed by atoms with Crippen LogP contribution in [0.1, 0.15) is 10.4 Å². The maximum atomic E-state index is 12.0. The first kappa shape index (κ1) is 15.8. The fraction of sp³-hybridized carbons (Fsp3) is 0.364. The molecule has 5 nitrogen and oxygen atoms in total. The van der Waals surface area contributed by atoms with Gasteiger partial charge in [0.15, 0.2) is 0 Å². The lowest BCUT2D eigenvalue weighted by atomic mass is 10.0. The van der Waals surface area contributed by atoms with E-state index < -0.39 is 31.3 Å². The fourth-order valence-corrected chi connectivity index (χ4v) is 2.17. The van der Waals surface area contributed by atoms with E-state index in [0.29, 0.717) is 10.0 Å². The molecule has 0 atom stereocenters. The topological polar surface area (TPSA) is 89.8 Å². The molecule has 1 amide bonds. The van der Waals surface area contributed by atoms with E-state index in [4.69, 9.17) is 15.3 Å². The number of nitrogens with one attached hydrogen (secondary N) is 1. The van der Waals surface area contributed by atoms with Gasteiger partial charge >= 0.3 is 0 Å². The van der Waals surface area contributed by atoms with Crippen molar-refractivity contribution < 1.29 is 20.1 Å². The second kappa shape index (κ2) is 6.80. The van der Waals surface area contributed by atoms with Crippen LogP contribution in [-0.4, -0.2) is 46.6 Å². The summed E-state index contributed by atoms with van der Waals surface area (Å²) in [5.41, 5.74) is -1.04. The first-order valence-electron chi connectivity index (χ1n) is 5.08. The maximum absolute atomic E-state index is 12.0. The molecule has 0 aliphatic rings. The molecule has 1 aromatic rings. The molecule has 7 heteroatoms. The number of carbonyl (C=O) groups excluding carboxylic acids is 1. The Hall–Kier alpha value is -0.220. The monoisotopic (exact) mass is 429 g/mol. The zero-order chi connectivity index (χ0) is 13.8. The van der Waals surface area contributed by atoms with E-state index in [2.05, 4.69) is 43.8 Å². The van der Waals surface area contributed by atoms with Crippen LogP contribution in [0.4, 0.5) is 0 Å². The molecule has 0 aliphatic heterocycles. The van der Waals surface area contributed by atoms with Gasteiger partial charge in [-0.25, -0.2) is 0 Å². The Labute approximate surface area is 126 Å². The molecule has 0 unspecified atom stereocenters. The van der Waals surface area contributed by atoms with Gasteiger partial charge in [0.25, 0.3) is 5.91 Å². The van der Waals surface area contributed by atoms with Gasteiger partial charge in [-0.15, -0.1) is 0 Å². The van der Waals surface area contributed by atoms with Gasteiger partial charge in [0, 0.05) is 8.04 Å². The van der Waals surface area contributed by atoms with Crippen molar-refractivity contribution >= 4 is 44.4 Å². The van der Waals surface area contributed by atoms with Crippen LogP contribution in [0.3, 0.4) is 0 Å². The molecule has 0 aromatic heterocycles. The third kappa shape index (κ3) is 3.64.